The molecule has 1 amide bonds. The van der Waals surface area contributed by atoms with Gasteiger partial charge in [-0.05, 0) is 40.2 Å². The number of fused-ring (bicyclic) bond motifs is 1. The van der Waals surface area contributed by atoms with Crippen LogP contribution in [-0.2, 0) is 15.3 Å². The molecule has 0 spiro atoms. The average molecular weight is 383 g/mol. The number of thioether (sulfide) groups is 1. The van der Waals surface area contributed by atoms with Gasteiger partial charge in [-0.1, -0.05) is 0 Å². The van der Waals surface area contributed by atoms with Crippen LogP contribution in [0.1, 0.15) is 37.0 Å². The van der Waals surface area contributed by atoms with Crippen LogP contribution in [0.15, 0.2) is 4.79 Å². The SMILES string of the molecule is Cc1sc2nc(CSC(C)C(=O)NC(C)(C)C(=O)O)[nH]c(=O)c2c1C. The Morgan fingerprint density at radius 3 is 2.64 bits per heavy atom. The molecule has 9 heteroatoms. The van der Waals surface area contributed by atoms with E-state index in [4.69, 9.17) is 5.11 Å². The highest BCUT2D eigenvalue weighted by molar-refractivity contribution is 7.99. The first-order valence-electron chi connectivity index (χ1n) is 7.69. The Labute approximate surface area is 153 Å². The molecule has 0 fully saturated rings. The number of carbonyl (C=O) groups is 2. The Morgan fingerprint density at radius 2 is 2.04 bits per heavy atom. The lowest BCUT2D eigenvalue weighted by molar-refractivity contribution is -0.145. The zero-order valence-corrected chi connectivity index (χ0v) is 16.4. The van der Waals surface area contributed by atoms with E-state index in [1.807, 2.05) is 13.8 Å². The average Bonchev–Trinajstić information content (AvgIpc) is 2.79. The van der Waals surface area contributed by atoms with Crippen LogP contribution in [0.25, 0.3) is 10.2 Å². The van der Waals surface area contributed by atoms with E-state index in [-0.39, 0.29) is 11.5 Å². The maximum absolute atomic E-state index is 12.2. The summed E-state index contributed by atoms with van der Waals surface area (Å²) in [6.45, 7) is 8.40. The van der Waals surface area contributed by atoms with Crippen LogP contribution in [0.2, 0.25) is 0 Å². The number of rotatable bonds is 6. The van der Waals surface area contributed by atoms with Gasteiger partial charge in [-0.15, -0.1) is 23.1 Å². The van der Waals surface area contributed by atoms with Crippen LogP contribution in [0.5, 0.6) is 0 Å². The number of hydrogen-bond acceptors (Lipinski definition) is 6. The van der Waals surface area contributed by atoms with Gasteiger partial charge in [0.15, 0.2) is 0 Å². The number of aromatic amines is 1. The van der Waals surface area contributed by atoms with Crippen LogP contribution >= 0.6 is 23.1 Å². The third-order valence-electron chi connectivity index (χ3n) is 3.90. The summed E-state index contributed by atoms with van der Waals surface area (Å²) in [6.07, 6.45) is 0. The van der Waals surface area contributed by atoms with Gasteiger partial charge in [-0.2, -0.15) is 0 Å². The van der Waals surface area contributed by atoms with Crippen molar-refractivity contribution < 1.29 is 14.7 Å². The summed E-state index contributed by atoms with van der Waals surface area (Å²) in [5.74, 6) is -0.619. The second-order valence-electron chi connectivity index (χ2n) is 6.35. The highest BCUT2D eigenvalue weighted by atomic mass is 32.2. The summed E-state index contributed by atoms with van der Waals surface area (Å²) in [4.78, 5) is 44.4. The van der Waals surface area contributed by atoms with Gasteiger partial charge < -0.3 is 15.4 Å². The fourth-order valence-corrected chi connectivity index (χ4v) is 3.91. The van der Waals surface area contributed by atoms with Crippen molar-refractivity contribution in [2.45, 2.75) is 51.2 Å². The number of H-pyrrole nitrogens is 1. The molecule has 1 unspecified atom stereocenters. The van der Waals surface area contributed by atoms with Gasteiger partial charge in [0.1, 0.15) is 16.2 Å². The molecule has 2 aromatic rings. The van der Waals surface area contributed by atoms with E-state index in [9.17, 15) is 14.4 Å². The van der Waals surface area contributed by atoms with Gasteiger partial charge in [-0.3, -0.25) is 9.59 Å². The first-order chi connectivity index (χ1) is 11.5. The van der Waals surface area contributed by atoms with Crippen LogP contribution < -0.4 is 10.9 Å². The van der Waals surface area contributed by atoms with Crippen molar-refractivity contribution in [3.05, 3.63) is 26.6 Å². The highest BCUT2D eigenvalue weighted by Crippen LogP contribution is 2.26. The van der Waals surface area contributed by atoms with Crippen molar-refractivity contribution in [2.24, 2.45) is 0 Å². The number of aryl methyl sites for hydroxylation is 2. The van der Waals surface area contributed by atoms with Gasteiger partial charge in [-0.25, -0.2) is 9.78 Å². The van der Waals surface area contributed by atoms with Crippen molar-refractivity contribution in [3.8, 4) is 0 Å². The van der Waals surface area contributed by atoms with E-state index >= 15 is 0 Å². The monoisotopic (exact) mass is 383 g/mol. The zero-order valence-electron chi connectivity index (χ0n) is 14.7. The molecular weight excluding hydrogens is 362 g/mol. The topological polar surface area (TPSA) is 112 Å². The summed E-state index contributed by atoms with van der Waals surface area (Å²) in [5.41, 5.74) is -0.563. The van der Waals surface area contributed by atoms with Crippen molar-refractivity contribution in [1.29, 1.82) is 0 Å². The molecule has 3 N–H and O–H groups in total. The fraction of sp³-hybridized carbons (Fsp3) is 0.500. The second kappa shape index (κ2) is 7.17. The minimum atomic E-state index is -1.33. The first-order valence-corrected chi connectivity index (χ1v) is 9.55. The molecule has 25 heavy (non-hydrogen) atoms. The third kappa shape index (κ3) is 4.21. The molecule has 0 aromatic carbocycles. The number of amides is 1. The van der Waals surface area contributed by atoms with Crippen molar-refractivity contribution >= 4 is 45.2 Å². The van der Waals surface area contributed by atoms with E-state index < -0.39 is 16.8 Å². The molecule has 0 bridgehead atoms. The number of carbonyl (C=O) groups excluding carboxylic acids is 1. The summed E-state index contributed by atoms with van der Waals surface area (Å²) in [7, 11) is 0. The maximum atomic E-state index is 12.2. The Morgan fingerprint density at radius 1 is 1.40 bits per heavy atom. The van der Waals surface area contributed by atoms with Crippen molar-refractivity contribution in [2.75, 3.05) is 0 Å². The summed E-state index contributed by atoms with van der Waals surface area (Å²) >= 11 is 2.76. The second-order valence-corrected chi connectivity index (χ2v) is 8.88. The highest BCUT2D eigenvalue weighted by Gasteiger charge is 2.30. The molecule has 0 saturated heterocycles. The molecule has 0 aliphatic carbocycles. The van der Waals surface area contributed by atoms with E-state index in [1.54, 1.807) is 6.92 Å². The number of nitrogens with zero attached hydrogens (tertiary/aromatic N) is 1. The van der Waals surface area contributed by atoms with Crippen LogP contribution in [0, 0.1) is 13.8 Å². The van der Waals surface area contributed by atoms with Crippen molar-refractivity contribution in [3.63, 3.8) is 0 Å². The number of aliphatic carboxylic acids is 1. The quantitative estimate of drug-likeness (QED) is 0.705. The van der Waals surface area contributed by atoms with E-state index in [0.717, 1.165) is 10.4 Å². The lowest BCUT2D eigenvalue weighted by Crippen LogP contribution is -2.51. The molecule has 136 valence electrons. The Balaban J connectivity index is 2.08. The molecule has 2 heterocycles. The smallest absolute Gasteiger partial charge is 0.328 e. The first kappa shape index (κ1) is 19.5. The minimum Gasteiger partial charge on any atom is -0.480 e. The number of nitrogens with one attached hydrogen (secondary N) is 2. The van der Waals surface area contributed by atoms with E-state index in [0.29, 0.717) is 21.8 Å². The maximum Gasteiger partial charge on any atom is 0.328 e. The third-order valence-corrected chi connectivity index (χ3v) is 6.15. The Bertz CT molecular complexity index is 885. The molecule has 7 nitrogen and oxygen atoms in total. The summed E-state index contributed by atoms with van der Waals surface area (Å²) in [6, 6.07) is 0. The molecule has 1 atom stereocenters. The van der Waals surface area contributed by atoms with Crippen molar-refractivity contribution in [1.82, 2.24) is 15.3 Å². The summed E-state index contributed by atoms with van der Waals surface area (Å²) in [5, 5.41) is 11.7. The fourth-order valence-electron chi connectivity index (χ4n) is 2.11. The van der Waals surface area contributed by atoms with E-state index in [1.165, 1.54) is 36.9 Å². The molecule has 0 aliphatic rings. The standard InChI is InChI=1S/C16H21N3O4S2/c1-7-8(2)25-14-11(7)13(21)17-10(18-14)6-24-9(3)12(20)19-16(4,5)15(22)23/h9H,6H2,1-5H3,(H,19,20)(H,22,23)(H,17,18,21). The molecule has 2 aromatic heterocycles. The van der Waals surface area contributed by atoms with Gasteiger partial charge in [0.25, 0.3) is 5.56 Å². The zero-order chi connectivity index (χ0) is 18.9. The predicted octanol–water partition coefficient (Wildman–Crippen LogP) is 2.20. The number of carboxylic acids is 1. The lowest BCUT2D eigenvalue weighted by atomic mass is 10.1. The Kier molecular flexibility index (Phi) is 5.58. The largest absolute Gasteiger partial charge is 0.480 e. The number of aromatic nitrogens is 2. The van der Waals surface area contributed by atoms with Gasteiger partial charge in [0, 0.05) is 4.88 Å². The van der Waals surface area contributed by atoms with Crippen LogP contribution in [0.4, 0.5) is 0 Å². The van der Waals surface area contributed by atoms with E-state index in [2.05, 4.69) is 15.3 Å². The normalized spacial score (nSPS) is 13.0. The van der Waals surface area contributed by atoms with Gasteiger partial charge >= 0.3 is 5.97 Å². The van der Waals surface area contributed by atoms with Crippen LogP contribution in [-0.4, -0.2) is 37.7 Å². The van der Waals surface area contributed by atoms with Gasteiger partial charge in [0.05, 0.1) is 16.4 Å². The number of hydrogen-bond donors (Lipinski definition) is 3. The molecule has 0 aliphatic heterocycles. The van der Waals surface area contributed by atoms with Gasteiger partial charge in [0.2, 0.25) is 5.91 Å². The Hall–Kier alpha value is -1.87. The number of carboxylic acid groups (broad SMARTS) is 1. The lowest BCUT2D eigenvalue weighted by Gasteiger charge is -2.23. The number of thiophene rings is 1. The summed E-state index contributed by atoms with van der Waals surface area (Å²) < 4.78 is 0. The molecule has 0 saturated carbocycles. The molecule has 2 rings (SSSR count). The minimum absolute atomic E-state index is 0.174. The molecular formula is C16H21N3O4S2. The predicted molar refractivity (Wildman–Crippen MR) is 100 cm³/mol. The van der Waals surface area contributed by atoms with Crippen LogP contribution in [0.3, 0.4) is 0 Å². The molecule has 0 radical (unpaired) electrons.